The molecule has 1 atom stereocenters. The van der Waals surface area contributed by atoms with E-state index in [-0.39, 0.29) is 23.2 Å². The Morgan fingerprint density at radius 1 is 1.53 bits per heavy atom. The number of hydrogen-bond donors (Lipinski definition) is 1. The van der Waals surface area contributed by atoms with Gasteiger partial charge in [0.15, 0.2) is 0 Å². The van der Waals surface area contributed by atoms with Crippen LogP contribution < -0.4 is 0 Å². The smallest absolute Gasteiger partial charge is 0.335 e. The molecule has 90 valence electrons. The molecule has 1 aromatic rings. The van der Waals surface area contributed by atoms with E-state index in [1.807, 2.05) is 6.92 Å². The number of carbonyl (C=O) groups is 2. The highest BCUT2D eigenvalue weighted by molar-refractivity contribution is 5.96. The second-order valence-electron chi connectivity index (χ2n) is 4.22. The van der Waals surface area contributed by atoms with Crippen LogP contribution in [0.15, 0.2) is 18.3 Å². The van der Waals surface area contributed by atoms with E-state index >= 15 is 0 Å². The molecule has 5 heteroatoms. The monoisotopic (exact) mass is 234 g/mol. The van der Waals surface area contributed by atoms with Gasteiger partial charge in [0.1, 0.15) is 5.69 Å². The van der Waals surface area contributed by atoms with E-state index in [9.17, 15) is 9.59 Å². The third kappa shape index (κ3) is 2.27. The minimum Gasteiger partial charge on any atom is -0.478 e. The van der Waals surface area contributed by atoms with Crippen molar-refractivity contribution in [1.82, 2.24) is 9.88 Å². The lowest BCUT2D eigenvalue weighted by molar-refractivity contribution is 0.0696. The number of rotatable bonds is 2. The van der Waals surface area contributed by atoms with Crippen LogP contribution in [0.25, 0.3) is 0 Å². The molecule has 1 aromatic heterocycles. The summed E-state index contributed by atoms with van der Waals surface area (Å²) < 4.78 is 0. The number of carbonyl (C=O) groups excluding carboxylic acids is 1. The topological polar surface area (TPSA) is 70.5 Å². The van der Waals surface area contributed by atoms with Crippen molar-refractivity contribution in [3.63, 3.8) is 0 Å². The first-order valence-electron chi connectivity index (χ1n) is 5.60. The van der Waals surface area contributed by atoms with Crippen molar-refractivity contribution in [2.24, 2.45) is 0 Å². The lowest BCUT2D eigenvalue weighted by Crippen LogP contribution is -2.34. The first-order chi connectivity index (χ1) is 8.09. The number of pyridine rings is 1. The maximum Gasteiger partial charge on any atom is 0.335 e. The van der Waals surface area contributed by atoms with Gasteiger partial charge in [0.25, 0.3) is 5.91 Å². The van der Waals surface area contributed by atoms with Gasteiger partial charge in [-0.05, 0) is 31.9 Å². The Morgan fingerprint density at radius 3 is 2.88 bits per heavy atom. The van der Waals surface area contributed by atoms with E-state index in [0.29, 0.717) is 0 Å². The second kappa shape index (κ2) is 4.53. The van der Waals surface area contributed by atoms with E-state index in [4.69, 9.17) is 5.11 Å². The van der Waals surface area contributed by atoms with Gasteiger partial charge in [0.2, 0.25) is 0 Å². The maximum absolute atomic E-state index is 12.1. The first kappa shape index (κ1) is 11.6. The Morgan fingerprint density at radius 2 is 2.29 bits per heavy atom. The largest absolute Gasteiger partial charge is 0.478 e. The molecule has 0 radical (unpaired) electrons. The summed E-state index contributed by atoms with van der Waals surface area (Å²) in [7, 11) is 0. The molecule has 1 amide bonds. The van der Waals surface area contributed by atoms with Crippen molar-refractivity contribution in [3.05, 3.63) is 29.6 Å². The fraction of sp³-hybridized carbons (Fsp3) is 0.417. The Hall–Kier alpha value is -1.91. The number of aromatic carboxylic acids is 1. The van der Waals surface area contributed by atoms with Crippen LogP contribution in [0.2, 0.25) is 0 Å². The van der Waals surface area contributed by atoms with Gasteiger partial charge in [0.05, 0.1) is 5.56 Å². The summed E-state index contributed by atoms with van der Waals surface area (Å²) in [6.07, 6.45) is 3.34. The van der Waals surface area contributed by atoms with Crippen molar-refractivity contribution >= 4 is 11.9 Å². The Labute approximate surface area is 99.1 Å². The average Bonchev–Trinajstić information content (AvgIpc) is 2.74. The van der Waals surface area contributed by atoms with E-state index in [0.717, 1.165) is 19.4 Å². The van der Waals surface area contributed by atoms with Crippen LogP contribution in [0.1, 0.15) is 40.6 Å². The molecule has 0 aliphatic carbocycles. The van der Waals surface area contributed by atoms with E-state index < -0.39 is 5.97 Å². The quantitative estimate of drug-likeness (QED) is 0.839. The number of likely N-dealkylation sites (tertiary alicyclic amines) is 1. The number of hydrogen-bond acceptors (Lipinski definition) is 3. The predicted molar refractivity (Wildman–Crippen MR) is 60.9 cm³/mol. The molecule has 17 heavy (non-hydrogen) atoms. The van der Waals surface area contributed by atoms with Gasteiger partial charge >= 0.3 is 5.97 Å². The van der Waals surface area contributed by atoms with E-state index in [1.54, 1.807) is 4.90 Å². The molecule has 5 nitrogen and oxygen atoms in total. The molecule has 1 aliphatic rings. The summed E-state index contributed by atoms with van der Waals surface area (Å²) >= 11 is 0. The van der Waals surface area contributed by atoms with Crippen molar-refractivity contribution in [3.8, 4) is 0 Å². The highest BCUT2D eigenvalue weighted by Crippen LogP contribution is 2.19. The lowest BCUT2D eigenvalue weighted by Gasteiger charge is -2.20. The number of amides is 1. The van der Waals surface area contributed by atoms with Crippen LogP contribution in [-0.4, -0.2) is 39.5 Å². The predicted octanol–water partition coefficient (Wildman–Crippen LogP) is 1.40. The summed E-state index contributed by atoms with van der Waals surface area (Å²) in [6, 6.07) is 2.92. The van der Waals surface area contributed by atoms with Crippen molar-refractivity contribution in [1.29, 1.82) is 0 Å². The minimum absolute atomic E-state index is 0.0928. The first-order valence-corrected chi connectivity index (χ1v) is 5.60. The van der Waals surface area contributed by atoms with Crippen LogP contribution in [0, 0.1) is 0 Å². The third-order valence-electron chi connectivity index (χ3n) is 3.04. The fourth-order valence-corrected chi connectivity index (χ4v) is 2.06. The molecule has 1 fully saturated rings. The lowest BCUT2D eigenvalue weighted by atomic mass is 10.2. The van der Waals surface area contributed by atoms with Gasteiger partial charge in [-0.25, -0.2) is 4.79 Å². The van der Waals surface area contributed by atoms with E-state index in [1.165, 1.54) is 18.3 Å². The van der Waals surface area contributed by atoms with Crippen LogP contribution in [-0.2, 0) is 0 Å². The zero-order chi connectivity index (χ0) is 12.4. The molecule has 1 aliphatic heterocycles. The number of aromatic nitrogens is 1. The molecular formula is C12H14N2O3. The maximum atomic E-state index is 12.1. The van der Waals surface area contributed by atoms with Gasteiger partial charge in [-0.2, -0.15) is 0 Å². The summed E-state index contributed by atoms with van der Waals surface area (Å²) in [4.78, 5) is 28.6. The third-order valence-corrected chi connectivity index (χ3v) is 3.04. The van der Waals surface area contributed by atoms with Crippen LogP contribution in [0.5, 0.6) is 0 Å². The molecule has 2 rings (SSSR count). The average molecular weight is 234 g/mol. The molecular weight excluding hydrogens is 220 g/mol. The zero-order valence-corrected chi connectivity index (χ0v) is 9.59. The summed E-state index contributed by atoms with van der Waals surface area (Å²) in [5.74, 6) is -1.23. The molecule has 0 saturated carbocycles. The molecule has 1 saturated heterocycles. The summed E-state index contributed by atoms with van der Waals surface area (Å²) in [5.41, 5.74) is 0.300. The van der Waals surface area contributed by atoms with Gasteiger partial charge in [-0.15, -0.1) is 0 Å². The van der Waals surface area contributed by atoms with E-state index in [2.05, 4.69) is 4.98 Å². The van der Waals surface area contributed by atoms with Crippen molar-refractivity contribution in [2.75, 3.05) is 6.54 Å². The molecule has 0 aromatic carbocycles. The second-order valence-corrected chi connectivity index (χ2v) is 4.22. The van der Waals surface area contributed by atoms with Crippen molar-refractivity contribution < 1.29 is 14.7 Å². The molecule has 0 bridgehead atoms. The highest BCUT2D eigenvalue weighted by Gasteiger charge is 2.27. The zero-order valence-electron chi connectivity index (χ0n) is 9.59. The Kier molecular flexibility index (Phi) is 3.08. The van der Waals surface area contributed by atoms with Gasteiger partial charge < -0.3 is 10.0 Å². The number of nitrogens with zero attached hydrogens (tertiary/aromatic N) is 2. The molecule has 1 unspecified atom stereocenters. The number of carboxylic acids is 1. The van der Waals surface area contributed by atoms with Gasteiger partial charge in [-0.3, -0.25) is 9.78 Å². The minimum atomic E-state index is -1.05. The SMILES string of the molecule is CC1CCCN1C(=O)c1cc(C(=O)O)ccn1. The molecule has 2 heterocycles. The van der Waals surface area contributed by atoms with Gasteiger partial charge in [-0.1, -0.05) is 0 Å². The molecule has 1 N–H and O–H groups in total. The normalized spacial score (nSPS) is 19.4. The van der Waals surface area contributed by atoms with Gasteiger partial charge in [0, 0.05) is 18.8 Å². The highest BCUT2D eigenvalue weighted by atomic mass is 16.4. The van der Waals surface area contributed by atoms with Crippen LogP contribution in [0.3, 0.4) is 0 Å². The Bertz CT molecular complexity index is 459. The Balaban J connectivity index is 2.24. The summed E-state index contributed by atoms with van der Waals surface area (Å²) in [5, 5.41) is 8.86. The van der Waals surface area contributed by atoms with Crippen molar-refractivity contribution in [2.45, 2.75) is 25.8 Å². The number of carboxylic acid groups (broad SMARTS) is 1. The van der Waals surface area contributed by atoms with Crippen LogP contribution >= 0.6 is 0 Å². The fourth-order valence-electron chi connectivity index (χ4n) is 2.06. The molecule has 0 spiro atoms. The standard InChI is InChI=1S/C12H14N2O3/c1-8-3-2-6-14(8)11(15)10-7-9(12(16)17)4-5-13-10/h4-5,7-8H,2-3,6H2,1H3,(H,16,17). The van der Waals surface area contributed by atoms with Crippen LogP contribution in [0.4, 0.5) is 0 Å². The summed E-state index contributed by atoms with van der Waals surface area (Å²) in [6.45, 7) is 2.71.